The molecule has 2 heterocycles. The van der Waals surface area contributed by atoms with Gasteiger partial charge in [0, 0.05) is 37.6 Å². The van der Waals surface area contributed by atoms with Crippen LogP contribution in [0.1, 0.15) is 28.5 Å². The van der Waals surface area contributed by atoms with Crippen molar-refractivity contribution in [1.29, 1.82) is 0 Å². The minimum atomic E-state index is -0.328. The molecule has 1 aliphatic rings. The van der Waals surface area contributed by atoms with Crippen LogP contribution in [0.15, 0.2) is 60.8 Å². The maximum absolute atomic E-state index is 12.7. The van der Waals surface area contributed by atoms with E-state index in [-0.39, 0.29) is 11.8 Å². The van der Waals surface area contributed by atoms with Crippen molar-refractivity contribution < 1.29 is 9.59 Å². The molecule has 0 bridgehead atoms. The van der Waals surface area contributed by atoms with E-state index in [0.717, 1.165) is 19.5 Å². The third-order valence-corrected chi connectivity index (χ3v) is 4.73. The summed E-state index contributed by atoms with van der Waals surface area (Å²) in [6.45, 7) is 2.97. The molecule has 0 unspecified atom stereocenters. The lowest BCUT2D eigenvalue weighted by molar-refractivity contribution is -0.114. The average molecular weight is 387 g/mol. The molecule has 29 heavy (non-hydrogen) atoms. The van der Waals surface area contributed by atoms with Crippen LogP contribution in [-0.4, -0.2) is 28.3 Å². The fourth-order valence-corrected chi connectivity index (χ4v) is 3.37. The second-order valence-electron chi connectivity index (χ2n) is 6.90. The quantitative estimate of drug-likeness (QED) is 0.718. The van der Waals surface area contributed by atoms with E-state index in [9.17, 15) is 9.59 Å². The van der Waals surface area contributed by atoms with Gasteiger partial charge in [-0.25, -0.2) is 9.97 Å². The molecule has 4 rings (SSSR count). The molecule has 0 saturated heterocycles. The highest BCUT2D eigenvalue weighted by molar-refractivity contribution is 6.03. The smallest absolute Gasteiger partial charge is 0.274 e. The molecule has 7 heteroatoms. The van der Waals surface area contributed by atoms with Gasteiger partial charge in [0.2, 0.25) is 11.9 Å². The molecule has 2 amide bonds. The molecule has 0 fully saturated rings. The predicted octanol–water partition coefficient (Wildman–Crippen LogP) is 3.25. The van der Waals surface area contributed by atoms with Crippen molar-refractivity contribution in [2.75, 3.05) is 22.1 Å². The minimum absolute atomic E-state index is 0.169. The first kappa shape index (κ1) is 18.6. The Labute approximate surface area is 168 Å². The van der Waals surface area contributed by atoms with E-state index in [1.165, 1.54) is 18.1 Å². The summed E-state index contributed by atoms with van der Waals surface area (Å²) in [5, 5.41) is 5.51. The van der Waals surface area contributed by atoms with Gasteiger partial charge in [0.15, 0.2) is 0 Å². The van der Waals surface area contributed by atoms with Crippen LogP contribution < -0.4 is 15.5 Å². The zero-order valence-electron chi connectivity index (χ0n) is 16.1. The van der Waals surface area contributed by atoms with Crippen LogP contribution in [0.5, 0.6) is 0 Å². The SMILES string of the molecule is CC(=O)Nc1cccc(NC(=O)c2ccnc(N3CCc4ccccc4C3)n2)c1. The number of benzene rings is 2. The standard InChI is InChI=1S/C22H21N5O2/c1-15(28)24-18-7-4-8-19(13-18)25-21(29)20-9-11-23-22(26-20)27-12-10-16-5-2-3-6-17(16)14-27/h2-9,11,13H,10,12,14H2,1H3,(H,24,28)(H,25,29). The number of carbonyl (C=O) groups is 2. The van der Waals surface area contributed by atoms with E-state index in [4.69, 9.17) is 0 Å². The minimum Gasteiger partial charge on any atom is -0.336 e. The van der Waals surface area contributed by atoms with Gasteiger partial charge in [-0.2, -0.15) is 0 Å². The number of anilines is 3. The fraction of sp³-hybridized carbons (Fsp3) is 0.182. The van der Waals surface area contributed by atoms with Crippen molar-refractivity contribution in [2.45, 2.75) is 19.9 Å². The molecule has 0 radical (unpaired) electrons. The molecule has 0 atom stereocenters. The summed E-state index contributed by atoms with van der Waals surface area (Å²) in [5.74, 6) is 0.0437. The molecule has 0 aliphatic carbocycles. The van der Waals surface area contributed by atoms with Gasteiger partial charge >= 0.3 is 0 Å². The average Bonchev–Trinajstić information content (AvgIpc) is 2.73. The van der Waals surface area contributed by atoms with Crippen molar-refractivity contribution in [2.24, 2.45) is 0 Å². The molecule has 1 aliphatic heterocycles. The number of hydrogen-bond acceptors (Lipinski definition) is 5. The van der Waals surface area contributed by atoms with Crippen molar-refractivity contribution in [1.82, 2.24) is 9.97 Å². The largest absolute Gasteiger partial charge is 0.336 e. The summed E-state index contributed by atoms with van der Waals surface area (Å²) < 4.78 is 0. The Balaban J connectivity index is 1.49. The molecule has 2 aromatic carbocycles. The predicted molar refractivity (Wildman–Crippen MR) is 112 cm³/mol. The molecular weight excluding hydrogens is 366 g/mol. The van der Waals surface area contributed by atoms with Gasteiger partial charge in [0.05, 0.1) is 0 Å². The molecule has 3 aromatic rings. The molecule has 0 spiro atoms. The van der Waals surface area contributed by atoms with Gasteiger partial charge in [-0.3, -0.25) is 9.59 Å². The Morgan fingerprint density at radius 3 is 2.52 bits per heavy atom. The van der Waals surface area contributed by atoms with Gasteiger partial charge in [0.1, 0.15) is 5.69 Å². The number of amides is 2. The van der Waals surface area contributed by atoms with E-state index >= 15 is 0 Å². The summed E-state index contributed by atoms with van der Waals surface area (Å²) in [5.41, 5.74) is 4.08. The van der Waals surface area contributed by atoms with Gasteiger partial charge in [0.25, 0.3) is 5.91 Å². The van der Waals surface area contributed by atoms with Crippen LogP contribution >= 0.6 is 0 Å². The number of aromatic nitrogens is 2. The van der Waals surface area contributed by atoms with Gasteiger partial charge < -0.3 is 15.5 Å². The number of nitrogens with zero attached hydrogens (tertiary/aromatic N) is 3. The number of nitrogens with one attached hydrogen (secondary N) is 2. The van der Waals surface area contributed by atoms with Crippen LogP contribution in [0.2, 0.25) is 0 Å². The summed E-state index contributed by atoms with van der Waals surface area (Å²) in [6.07, 6.45) is 2.53. The highest BCUT2D eigenvalue weighted by Gasteiger charge is 2.19. The van der Waals surface area contributed by atoms with Gasteiger partial charge in [-0.15, -0.1) is 0 Å². The lowest BCUT2D eigenvalue weighted by Crippen LogP contribution is -2.32. The summed E-state index contributed by atoms with van der Waals surface area (Å²) in [7, 11) is 0. The first-order valence-corrected chi connectivity index (χ1v) is 9.42. The lowest BCUT2D eigenvalue weighted by atomic mass is 10.0. The van der Waals surface area contributed by atoms with Crippen LogP contribution in [0, 0.1) is 0 Å². The Morgan fingerprint density at radius 2 is 1.72 bits per heavy atom. The number of carbonyl (C=O) groups excluding carboxylic acids is 2. The van der Waals surface area contributed by atoms with Crippen LogP contribution in [-0.2, 0) is 17.8 Å². The van der Waals surface area contributed by atoms with Gasteiger partial charge in [-0.05, 0) is 41.8 Å². The van der Waals surface area contributed by atoms with E-state index in [2.05, 4.69) is 43.7 Å². The molecule has 7 nitrogen and oxygen atoms in total. The number of rotatable bonds is 4. The first-order chi connectivity index (χ1) is 14.1. The highest BCUT2D eigenvalue weighted by atomic mass is 16.2. The van der Waals surface area contributed by atoms with Crippen molar-refractivity contribution in [3.05, 3.63) is 77.6 Å². The van der Waals surface area contributed by atoms with Crippen molar-refractivity contribution >= 4 is 29.1 Å². The fourth-order valence-electron chi connectivity index (χ4n) is 3.37. The third-order valence-electron chi connectivity index (χ3n) is 4.73. The summed E-state index contributed by atoms with van der Waals surface area (Å²) in [4.78, 5) is 34.8. The highest BCUT2D eigenvalue weighted by Crippen LogP contribution is 2.22. The Hall–Kier alpha value is -3.74. The van der Waals surface area contributed by atoms with E-state index in [0.29, 0.717) is 23.0 Å². The molecule has 1 aromatic heterocycles. The maximum atomic E-state index is 12.7. The van der Waals surface area contributed by atoms with Crippen LogP contribution in [0.25, 0.3) is 0 Å². The molecule has 2 N–H and O–H groups in total. The molecule has 146 valence electrons. The van der Waals surface area contributed by atoms with Crippen LogP contribution in [0.3, 0.4) is 0 Å². The normalized spacial score (nSPS) is 12.8. The Kier molecular flexibility index (Phi) is 5.20. The zero-order valence-corrected chi connectivity index (χ0v) is 16.1. The Bertz CT molecular complexity index is 1070. The van der Waals surface area contributed by atoms with Gasteiger partial charge in [-0.1, -0.05) is 30.3 Å². The van der Waals surface area contributed by atoms with E-state index in [1.807, 2.05) is 6.07 Å². The second kappa shape index (κ2) is 8.10. The molecule has 0 saturated carbocycles. The van der Waals surface area contributed by atoms with Crippen LogP contribution in [0.4, 0.5) is 17.3 Å². The van der Waals surface area contributed by atoms with Crippen molar-refractivity contribution in [3.8, 4) is 0 Å². The first-order valence-electron chi connectivity index (χ1n) is 9.42. The molecular formula is C22H21N5O2. The topological polar surface area (TPSA) is 87.2 Å². The maximum Gasteiger partial charge on any atom is 0.274 e. The second-order valence-corrected chi connectivity index (χ2v) is 6.90. The monoisotopic (exact) mass is 387 g/mol. The summed E-state index contributed by atoms with van der Waals surface area (Å²) >= 11 is 0. The summed E-state index contributed by atoms with van der Waals surface area (Å²) in [6, 6.07) is 16.9. The number of fused-ring (bicyclic) bond motifs is 1. The number of hydrogen-bond donors (Lipinski definition) is 2. The third kappa shape index (κ3) is 4.40. The van der Waals surface area contributed by atoms with Crippen molar-refractivity contribution in [3.63, 3.8) is 0 Å². The zero-order chi connectivity index (χ0) is 20.2. The Morgan fingerprint density at radius 1 is 0.966 bits per heavy atom. The lowest BCUT2D eigenvalue weighted by Gasteiger charge is -2.28. The van der Waals surface area contributed by atoms with E-state index in [1.54, 1.807) is 36.5 Å². The van der Waals surface area contributed by atoms with E-state index < -0.39 is 0 Å².